The molecule has 0 amide bonds. The van der Waals surface area contributed by atoms with Gasteiger partial charge in [0, 0.05) is 0 Å². The largest absolute Gasteiger partial charge is 0.465 e. The SMILES string of the molecule is CCOC(=O)[C@H](N)c1cccc(C)c1C. The van der Waals surface area contributed by atoms with Gasteiger partial charge in [0.25, 0.3) is 0 Å². The smallest absolute Gasteiger partial charge is 0.327 e. The highest BCUT2D eigenvalue weighted by atomic mass is 16.5. The van der Waals surface area contributed by atoms with Crippen LogP contribution in [0.5, 0.6) is 0 Å². The van der Waals surface area contributed by atoms with E-state index in [2.05, 4.69) is 0 Å². The van der Waals surface area contributed by atoms with Gasteiger partial charge in [0.15, 0.2) is 0 Å². The average Bonchev–Trinajstić information content (AvgIpc) is 2.21. The van der Waals surface area contributed by atoms with E-state index in [-0.39, 0.29) is 5.97 Å². The third-order valence-electron chi connectivity index (χ3n) is 2.52. The molecule has 82 valence electrons. The summed E-state index contributed by atoms with van der Waals surface area (Å²) in [5, 5.41) is 0. The van der Waals surface area contributed by atoms with Crippen LogP contribution in [0.25, 0.3) is 0 Å². The van der Waals surface area contributed by atoms with E-state index in [9.17, 15) is 4.79 Å². The van der Waals surface area contributed by atoms with Crippen LogP contribution < -0.4 is 5.73 Å². The maximum absolute atomic E-state index is 11.5. The first-order chi connectivity index (χ1) is 7.07. The minimum absolute atomic E-state index is 0.359. The Bertz CT molecular complexity index is 361. The van der Waals surface area contributed by atoms with E-state index in [1.807, 2.05) is 32.0 Å². The minimum atomic E-state index is -0.676. The predicted octanol–water partition coefficient (Wildman–Crippen LogP) is 1.87. The Morgan fingerprint density at radius 3 is 2.73 bits per heavy atom. The second-order valence-electron chi connectivity index (χ2n) is 3.52. The molecule has 0 aliphatic carbocycles. The Hall–Kier alpha value is -1.35. The molecule has 0 fully saturated rings. The van der Waals surface area contributed by atoms with Crippen LogP contribution in [0.3, 0.4) is 0 Å². The van der Waals surface area contributed by atoms with E-state index in [4.69, 9.17) is 10.5 Å². The molecule has 0 spiro atoms. The van der Waals surface area contributed by atoms with Crippen molar-refractivity contribution in [3.63, 3.8) is 0 Å². The fraction of sp³-hybridized carbons (Fsp3) is 0.417. The molecule has 0 aliphatic rings. The predicted molar refractivity (Wildman–Crippen MR) is 59.5 cm³/mol. The molecule has 3 nitrogen and oxygen atoms in total. The van der Waals surface area contributed by atoms with Gasteiger partial charge in [-0.1, -0.05) is 18.2 Å². The molecule has 0 saturated carbocycles. The van der Waals surface area contributed by atoms with Crippen molar-refractivity contribution in [1.29, 1.82) is 0 Å². The first kappa shape index (κ1) is 11.7. The van der Waals surface area contributed by atoms with Crippen molar-refractivity contribution in [1.82, 2.24) is 0 Å². The van der Waals surface area contributed by atoms with E-state index >= 15 is 0 Å². The summed E-state index contributed by atoms with van der Waals surface area (Å²) >= 11 is 0. The molecule has 0 aliphatic heterocycles. The van der Waals surface area contributed by atoms with Gasteiger partial charge in [-0.25, -0.2) is 4.79 Å². The molecule has 1 aromatic carbocycles. The number of nitrogens with two attached hydrogens (primary N) is 1. The summed E-state index contributed by atoms with van der Waals surface area (Å²) in [5.74, 6) is -0.369. The first-order valence-electron chi connectivity index (χ1n) is 5.06. The van der Waals surface area contributed by atoms with Gasteiger partial charge in [-0.2, -0.15) is 0 Å². The monoisotopic (exact) mass is 207 g/mol. The number of hydrogen-bond donors (Lipinski definition) is 1. The zero-order chi connectivity index (χ0) is 11.4. The fourth-order valence-electron chi connectivity index (χ4n) is 1.47. The first-order valence-corrected chi connectivity index (χ1v) is 5.06. The topological polar surface area (TPSA) is 52.3 Å². The number of aryl methyl sites for hydroxylation is 1. The van der Waals surface area contributed by atoms with Crippen LogP contribution in [0.2, 0.25) is 0 Å². The van der Waals surface area contributed by atoms with Crippen LogP contribution in [0.15, 0.2) is 18.2 Å². The summed E-state index contributed by atoms with van der Waals surface area (Å²) in [6.07, 6.45) is 0. The molecule has 1 rings (SSSR count). The number of carbonyl (C=O) groups excluding carboxylic acids is 1. The van der Waals surface area contributed by atoms with E-state index in [1.165, 1.54) is 0 Å². The van der Waals surface area contributed by atoms with Crippen LogP contribution in [-0.2, 0) is 9.53 Å². The Morgan fingerprint density at radius 1 is 1.47 bits per heavy atom. The molecular weight excluding hydrogens is 190 g/mol. The van der Waals surface area contributed by atoms with Crippen molar-refractivity contribution in [3.05, 3.63) is 34.9 Å². The highest BCUT2D eigenvalue weighted by molar-refractivity contribution is 5.78. The highest BCUT2D eigenvalue weighted by Crippen LogP contribution is 2.19. The lowest BCUT2D eigenvalue weighted by Crippen LogP contribution is -2.24. The van der Waals surface area contributed by atoms with Gasteiger partial charge in [0.1, 0.15) is 6.04 Å². The third kappa shape index (κ3) is 2.57. The fourth-order valence-corrected chi connectivity index (χ4v) is 1.47. The highest BCUT2D eigenvalue weighted by Gasteiger charge is 2.18. The Kier molecular flexibility index (Phi) is 3.86. The molecule has 0 aromatic heterocycles. The number of carbonyl (C=O) groups is 1. The van der Waals surface area contributed by atoms with Crippen molar-refractivity contribution in [2.24, 2.45) is 5.73 Å². The average molecular weight is 207 g/mol. The molecule has 1 atom stereocenters. The molecule has 15 heavy (non-hydrogen) atoms. The Morgan fingerprint density at radius 2 is 2.13 bits per heavy atom. The summed E-state index contributed by atoms with van der Waals surface area (Å²) in [7, 11) is 0. The molecular formula is C12H17NO2. The van der Waals surface area contributed by atoms with E-state index in [1.54, 1.807) is 6.92 Å². The molecule has 2 N–H and O–H groups in total. The van der Waals surface area contributed by atoms with Gasteiger partial charge < -0.3 is 10.5 Å². The normalized spacial score (nSPS) is 12.3. The Labute approximate surface area is 90.2 Å². The summed E-state index contributed by atoms with van der Waals surface area (Å²) < 4.78 is 4.89. The number of esters is 1. The van der Waals surface area contributed by atoms with Crippen LogP contribution >= 0.6 is 0 Å². The molecule has 0 unspecified atom stereocenters. The van der Waals surface area contributed by atoms with Crippen LogP contribution in [0.1, 0.15) is 29.7 Å². The zero-order valence-electron chi connectivity index (χ0n) is 9.41. The van der Waals surface area contributed by atoms with Crippen LogP contribution in [0.4, 0.5) is 0 Å². The number of rotatable bonds is 3. The Balaban J connectivity index is 2.96. The summed E-state index contributed by atoms with van der Waals surface area (Å²) in [6, 6.07) is 5.09. The van der Waals surface area contributed by atoms with Crippen LogP contribution in [0, 0.1) is 13.8 Å². The van der Waals surface area contributed by atoms with Crippen LogP contribution in [-0.4, -0.2) is 12.6 Å². The van der Waals surface area contributed by atoms with Crippen molar-refractivity contribution in [2.45, 2.75) is 26.8 Å². The molecule has 3 heteroatoms. The molecule has 0 heterocycles. The van der Waals surface area contributed by atoms with Gasteiger partial charge in [-0.05, 0) is 37.5 Å². The van der Waals surface area contributed by atoms with E-state index < -0.39 is 6.04 Å². The number of benzene rings is 1. The van der Waals surface area contributed by atoms with Gasteiger partial charge in [0.05, 0.1) is 6.61 Å². The van der Waals surface area contributed by atoms with Crippen molar-refractivity contribution >= 4 is 5.97 Å². The van der Waals surface area contributed by atoms with Crippen molar-refractivity contribution in [3.8, 4) is 0 Å². The molecule has 1 aromatic rings. The number of hydrogen-bond acceptors (Lipinski definition) is 3. The summed E-state index contributed by atoms with van der Waals surface area (Å²) in [6.45, 7) is 6.09. The van der Waals surface area contributed by atoms with Crippen molar-refractivity contribution in [2.75, 3.05) is 6.61 Å². The summed E-state index contributed by atoms with van der Waals surface area (Å²) in [5.41, 5.74) is 8.85. The van der Waals surface area contributed by atoms with Gasteiger partial charge >= 0.3 is 5.97 Å². The molecule has 0 radical (unpaired) electrons. The van der Waals surface area contributed by atoms with Gasteiger partial charge in [-0.15, -0.1) is 0 Å². The summed E-state index contributed by atoms with van der Waals surface area (Å²) in [4.78, 5) is 11.5. The molecule has 0 saturated heterocycles. The van der Waals surface area contributed by atoms with E-state index in [0.717, 1.165) is 16.7 Å². The van der Waals surface area contributed by atoms with Gasteiger partial charge in [0.2, 0.25) is 0 Å². The van der Waals surface area contributed by atoms with Crippen molar-refractivity contribution < 1.29 is 9.53 Å². The second kappa shape index (κ2) is 4.94. The zero-order valence-corrected chi connectivity index (χ0v) is 9.41. The lowest BCUT2D eigenvalue weighted by molar-refractivity contribution is -0.144. The third-order valence-corrected chi connectivity index (χ3v) is 2.52. The number of ether oxygens (including phenoxy) is 1. The second-order valence-corrected chi connectivity index (χ2v) is 3.52. The standard InChI is InChI=1S/C12H17NO2/c1-4-15-12(14)11(13)10-7-5-6-8(2)9(10)3/h5-7,11H,4,13H2,1-3H3/t11-/m1/s1. The lowest BCUT2D eigenvalue weighted by Gasteiger charge is -2.14. The maximum atomic E-state index is 11.5. The molecule has 0 bridgehead atoms. The van der Waals surface area contributed by atoms with Gasteiger partial charge in [-0.3, -0.25) is 0 Å². The van der Waals surface area contributed by atoms with E-state index in [0.29, 0.717) is 6.61 Å². The minimum Gasteiger partial charge on any atom is -0.465 e. The lowest BCUT2D eigenvalue weighted by atomic mass is 9.98. The quantitative estimate of drug-likeness (QED) is 0.770. The maximum Gasteiger partial charge on any atom is 0.327 e.